The molecule has 0 aliphatic heterocycles. The summed E-state index contributed by atoms with van der Waals surface area (Å²) in [6, 6.07) is 5.50. The molecule has 0 spiro atoms. The van der Waals surface area contributed by atoms with Gasteiger partial charge in [-0.3, -0.25) is 4.79 Å². The van der Waals surface area contributed by atoms with Crippen LogP contribution in [0.25, 0.3) is 0 Å². The van der Waals surface area contributed by atoms with Crippen molar-refractivity contribution in [3.05, 3.63) is 56.0 Å². The number of carbonyl (C=O) groups is 3. The van der Waals surface area contributed by atoms with Gasteiger partial charge in [-0.1, -0.05) is 46.4 Å². The molecule has 7 nitrogen and oxygen atoms in total. The second kappa shape index (κ2) is 9.14. The normalized spacial score (nSPS) is 10.3. The molecule has 2 rings (SSSR count). The molecule has 0 fully saturated rings. The Hall–Kier alpha value is -1.93. The number of hydrogen-bond acceptors (Lipinski definition) is 7. The minimum absolute atomic E-state index is 0.0138. The van der Waals surface area contributed by atoms with Gasteiger partial charge in [0.15, 0.2) is 24.6 Å². The van der Waals surface area contributed by atoms with Gasteiger partial charge in [-0.05, 0) is 24.3 Å². The van der Waals surface area contributed by atoms with E-state index >= 15 is 0 Å². The molecule has 0 aromatic carbocycles. The molecule has 26 heavy (non-hydrogen) atoms. The number of ketones is 1. The van der Waals surface area contributed by atoms with Crippen molar-refractivity contribution in [2.24, 2.45) is 0 Å². The van der Waals surface area contributed by atoms with Crippen LogP contribution >= 0.6 is 46.4 Å². The molecular formula is C15H8Cl4N2O5. The fourth-order valence-corrected chi connectivity index (χ4v) is 2.25. The summed E-state index contributed by atoms with van der Waals surface area (Å²) in [5.41, 5.74) is -0.474. The van der Waals surface area contributed by atoms with Gasteiger partial charge < -0.3 is 9.47 Å². The molecule has 11 heteroatoms. The summed E-state index contributed by atoms with van der Waals surface area (Å²) >= 11 is 22.9. The Balaban J connectivity index is 1.87. The quantitative estimate of drug-likeness (QED) is 0.502. The Bertz CT molecular complexity index is 806. The Labute approximate surface area is 167 Å². The number of aromatic nitrogens is 2. The maximum atomic E-state index is 11.8. The first-order chi connectivity index (χ1) is 12.3. The van der Waals surface area contributed by atoms with Gasteiger partial charge in [0, 0.05) is 0 Å². The van der Waals surface area contributed by atoms with E-state index in [9.17, 15) is 14.4 Å². The summed E-state index contributed by atoms with van der Waals surface area (Å²) in [6.45, 7) is -1.32. The third kappa shape index (κ3) is 5.54. The molecule has 0 unspecified atom stereocenters. The Morgan fingerprint density at radius 1 is 0.731 bits per heavy atom. The number of ether oxygens (including phenoxy) is 2. The summed E-state index contributed by atoms with van der Waals surface area (Å²) in [6.07, 6.45) is 0. The highest BCUT2D eigenvalue weighted by molar-refractivity contribution is 6.35. The van der Waals surface area contributed by atoms with E-state index in [0.29, 0.717) is 0 Å². The summed E-state index contributed by atoms with van der Waals surface area (Å²) in [5.74, 6) is -2.59. The lowest BCUT2D eigenvalue weighted by Gasteiger charge is -2.07. The van der Waals surface area contributed by atoms with Crippen molar-refractivity contribution in [2.45, 2.75) is 0 Å². The number of halogens is 4. The average Bonchev–Trinajstić information content (AvgIpc) is 2.61. The molecule has 0 saturated heterocycles. The van der Waals surface area contributed by atoms with Crippen molar-refractivity contribution in [3.8, 4) is 0 Å². The monoisotopic (exact) mass is 436 g/mol. The zero-order valence-corrected chi connectivity index (χ0v) is 15.7. The van der Waals surface area contributed by atoms with Crippen LogP contribution in [0.3, 0.4) is 0 Å². The number of carbonyl (C=O) groups excluding carboxylic acids is 3. The summed E-state index contributed by atoms with van der Waals surface area (Å²) in [4.78, 5) is 42.8. The molecule has 0 atom stereocenters. The first-order valence-corrected chi connectivity index (χ1v) is 8.29. The predicted molar refractivity (Wildman–Crippen MR) is 94.1 cm³/mol. The average molecular weight is 438 g/mol. The highest BCUT2D eigenvalue weighted by Gasteiger charge is 2.19. The third-order valence-corrected chi connectivity index (χ3v) is 3.77. The Kier molecular flexibility index (Phi) is 7.16. The van der Waals surface area contributed by atoms with Gasteiger partial charge in [-0.25, -0.2) is 19.6 Å². The Morgan fingerprint density at radius 3 is 1.50 bits per heavy atom. The number of Topliss-reactive ketones (excluding diaryl/α,β-unsaturated/α-hetero) is 1. The lowest BCUT2D eigenvalue weighted by molar-refractivity contribution is -0.125. The van der Waals surface area contributed by atoms with Crippen LogP contribution in [-0.2, 0) is 14.3 Å². The van der Waals surface area contributed by atoms with Gasteiger partial charge >= 0.3 is 11.9 Å². The molecule has 0 amide bonds. The smallest absolute Gasteiger partial charge is 0.358 e. The predicted octanol–water partition coefficient (Wildman–Crippen LogP) is 3.67. The van der Waals surface area contributed by atoms with E-state index in [2.05, 4.69) is 9.97 Å². The third-order valence-electron chi connectivity index (χ3n) is 2.74. The molecular weight excluding hydrogens is 430 g/mol. The molecule has 2 aromatic rings. The number of hydrogen-bond donors (Lipinski definition) is 0. The summed E-state index contributed by atoms with van der Waals surface area (Å²) < 4.78 is 9.52. The Morgan fingerprint density at radius 2 is 1.12 bits per heavy atom. The standard InChI is InChI=1S/C15H8Cl4N2O5/c16-8-1-3-10(18)20-12(8)14(23)25-5-7(22)6-26-15(24)13-9(17)2-4-11(19)21-13/h1-4H,5-6H2. The van der Waals surface area contributed by atoms with Crippen LogP contribution in [0.4, 0.5) is 0 Å². The topological polar surface area (TPSA) is 95.5 Å². The number of pyridine rings is 2. The van der Waals surface area contributed by atoms with Gasteiger partial charge in [0.2, 0.25) is 5.78 Å². The maximum absolute atomic E-state index is 11.8. The highest BCUT2D eigenvalue weighted by atomic mass is 35.5. The maximum Gasteiger partial charge on any atom is 0.358 e. The first-order valence-electron chi connectivity index (χ1n) is 6.78. The van der Waals surface area contributed by atoms with Crippen LogP contribution in [-0.4, -0.2) is 40.9 Å². The van der Waals surface area contributed by atoms with Gasteiger partial charge in [0.1, 0.15) is 10.3 Å². The molecule has 2 aromatic heterocycles. The van der Waals surface area contributed by atoms with E-state index < -0.39 is 30.9 Å². The minimum Gasteiger partial charge on any atom is -0.453 e. The van der Waals surface area contributed by atoms with Crippen molar-refractivity contribution in [2.75, 3.05) is 13.2 Å². The molecule has 0 bridgehead atoms. The van der Waals surface area contributed by atoms with Crippen LogP contribution in [0.5, 0.6) is 0 Å². The fourth-order valence-electron chi connectivity index (χ4n) is 1.59. The van der Waals surface area contributed by atoms with E-state index in [-0.39, 0.29) is 31.7 Å². The van der Waals surface area contributed by atoms with E-state index in [1.807, 2.05) is 0 Å². The fraction of sp³-hybridized carbons (Fsp3) is 0.133. The molecule has 0 aliphatic rings. The summed E-state index contributed by atoms with van der Waals surface area (Å²) in [5, 5.41) is 0.0971. The van der Waals surface area contributed by atoms with Crippen molar-refractivity contribution < 1.29 is 23.9 Å². The van der Waals surface area contributed by atoms with Crippen molar-refractivity contribution >= 4 is 64.1 Å². The van der Waals surface area contributed by atoms with Gasteiger partial charge in [-0.2, -0.15) is 0 Å². The van der Waals surface area contributed by atoms with E-state index in [4.69, 9.17) is 55.9 Å². The number of nitrogens with zero attached hydrogens (tertiary/aromatic N) is 2. The lowest BCUT2D eigenvalue weighted by atomic mass is 10.3. The molecule has 0 radical (unpaired) electrons. The summed E-state index contributed by atoms with van der Waals surface area (Å²) in [7, 11) is 0. The molecule has 0 N–H and O–H groups in total. The second-order valence-corrected chi connectivity index (χ2v) is 6.21. The highest BCUT2D eigenvalue weighted by Crippen LogP contribution is 2.18. The number of rotatable bonds is 6. The lowest BCUT2D eigenvalue weighted by Crippen LogP contribution is -2.21. The zero-order valence-electron chi connectivity index (χ0n) is 12.7. The minimum atomic E-state index is -0.947. The van der Waals surface area contributed by atoms with Crippen LogP contribution in [0.15, 0.2) is 24.3 Å². The van der Waals surface area contributed by atoms with Crippen LogP contribution in [0, 0.1) is 0 Å². The van der Waals surface area contributed by atoms with Crippen molar-refractivity contribution in [1.82, 2.24) is 9.97 Å². The zero-order chi connectivity index (χ0) is 19.3. The number of esters is 2. The van der Waals surface area contributed by atoms with Crippen LogP contribution in [0.2, 0.25) is 20.4 Å². The van der Waals surface area contributed by atoms with E-state index in [0.717, 1.165) is 0 Å². The van der Waals surface area contributed by atoms with Crippen LogP contribution < -0.4 is 0 Å². The molecule has 0 aliphatic carbocycles. The SMILES string of the molecule is O=C(COC(=O)c1nc(Cl)ccc1Cl)COC(=O)c1nc(Cl)ccc1Cl. The van der Waals surface area contributed by atoms with Gasteiger partial charge in [-0.15, -0.1) is 0 Å². The van der Waals surface area contributed by atoms with Gasteiger partial charge in [0.05, 0.1) is 10.0 Å². The molecule has 2 heterocycles. The van der Waals surface area contributed by atoms with E-state index in [1.54, 1.807) is 0 Å². The van der Waals surface area contributed by atoms with Gasteiger partial charge in [0.25, 0.3) is 0 Å². The largest absolute Gasteiger partial charge is 0.453 e. The van der Waals surface area contributed by atoms with E-state index in [1.165, 1.54) is 24.3 Å². The van der Waals surface area contributed by atoms with Crippen molar-refractivity contribution in [1.29, 1.82) is 0 Å². The molecule has 136 valence electrons. The van der Waals surface area contributed by atoms with Crippen molar-refractivity contribution in [3.63, 3.8) is 0 Å². The second-order valence-electron chi connectivity index (χ2n) is 4.62. The first kappa shape index (κ1) is 20.4. The van der Waals surface area contributed by atoms with Crippen LogP contribution in [0.1, 0.15) is 21.0 Å². The molecule has 0 saturated carbocycles.